The quantitative estimate of drug-likeness (QED) is 0.393. The van der Waals surface area contributed by atoms with E-state index in [-0.39, 0.29) is 16.8 Å². The van der Waals surface area contributed by atoms with E-state index in [1.54, 1.807) is 6.08 Å². The molecule has 1 aliphatic heterocycles. The van der Waals surface area contributed by atoms with Crippen molar-refractivity contribution in [3.05, 3.63) is 82.4 Å². The first-order valence-corrected chi connectivity index (χ1v) is 10.6. The predicted molar refractivity (Wildman–Crippen MR) is 128 cm³/mol. The van der Waals surface area contributed by atoms with Crippen LogP contribution < -0.4 is 4.90 Å². The van der Waals surface area contributed by atoms with Gasteiger partial charge in [-0.1, -0.05) is 36.4 Å². The maximum Gasteiger partial charge on any atom is 0.323 e. The van der Waals surface area contributed by atoms with Gasteiger partial charge in [-0.25, -0.2) is 4.85 Å². The molecule has 0 saturated carbocycles. The van der Waals surface area contributed by atoms with E-state index < -0.39 is 24.3 Å². The largest absolute Gasteiger partial charge is 0.480 e. The molecule has 7 heteroatoms. The zero-order valence-corrected chi connectivity index (χ0v) is 18.8. The smallest absolute Gasteiger partial charge is 0.323 e. The number of fused-ring (bicyclic) bond motifs is 1. The third-order valence-electron chi connectivity index (χ3n) is 5.62. The van der Waals surface area contributed by atoms with Crippen molar-refractivity contribution in [3.8, 4) is 0 Å². The lowest BCUT2D eigenvalue weighted by Crippen LogP contribution is -2.45. The molecular formula is C26H25N3O4. The molecule has 0 aromatic heterocycles. The minimum absolute atomic E-state index is 0.128. The molecule has 2 aromatic carbocycles. The van der Waals surface area contributed by atoms with Crippen molar-refractivity contribution in [2.75, 3.05) is 24.5 Å². The third-order valence-corrected chi connectivity index (χ3v) is 5.62. The monoisotopic (exact) mass is 443 g/mol. The first kappa shape index (κ1) is 23.5. The number of carbonyl (C=O) groups excluding carboxylic acids is 2. The average Bonchev–Trinajstić information content (AvgIpc) is 2.80. The van der Waals surface area contributed by atoms with Crippen LogP contribution >= 0.6 is 0 Å². The second-order valence-corrected chi connectivity index (χ2v) is 7.58. The van der Waals surface area contributed by atoms with E-state index in [2.05, 4.69) is 41.8 Å². The second-order valence-electron chi connectivity index (χ2n) is 7.58. The van der Waals surface area contributed by atoms with Crippen molar-refractivity contribution in [2.45, 2.75) is 20.8 Å². The summed E-state index contributed by atoms with van der Waals surface area (Å²) in [6.07, 6.45) is 5.00. The van der Waals surface area contributed by atoms with Gasteiger partial charge in [-0.05, 0) is 60.9 Å². The summed E-state index contributed by atoms with van der Waals surface area (Å²) in [6.45, 7) is 14.1. The molecule has 0 unspecified atom stereocenters. The van der Waals surface area contributed by atoms with Gasteiger partial charge in [0.25, 0.3) is 17.5 Å². The third kappa shape index (κ3) is 4.85. The Morgan fingerprint density at radius 2 is 1.76 bits per heavy atom. The Bertz CT molecular complexity index is 1260. The molecule has 2 amide bonds. The molecule has 1 N–H and O–H groups in total. The Hall–Kier alpha value is -4.18. The lowest BCUT2D eigenvalue weighted by molar-refractivity contribution is -0.149. The number of benzene rings is 2. The van der Waals surface area contributed by atoms with Crippen LogP contribution in [0.3, 0.4) is 0 Å². The van der Waals surface area contributed by atoms with Crippen LogP contribution in [0.15, 0.2) is 65.4 Å². The van der Waals surface area contributed by atoms with Crippen molar-refractivity contribution >= 4 is 40.3 Å². The minimum Gasteiger partial charge on any atom is -0.480 e. The van der Waals surface area contributed by atoms with Crippen molar-refractivity contribution in [2.24, 2.45) is 0 Å². The van der Waals surface area contributed by atoms with Gasteiger partial charge >= 0.3 is 5.97 Å². The number of aliphatic carboxylic acids is 1. The number of carboxylic acid groups (broad SMARTS) is 1. The van der Waals surface area contributed by atoms with Gasteiger partial charge in [-0.3, -0.25) is 19.3 Å². The van der Waals surface area contributed by atoms with E-state index in [9.17, 15) is 14.4 Å². The highest BCUT2D eigenvalue weighted by Gasteiger charge is 2.36. The molecule has 0 saturated heterocycles. The second kappa shape index (κ2) is 9.96. The molecule has 2 aromatic rings. The van der Waals surface area contributed by atoms with Gasteiger partial charge < -0.3 is 10.0 Å². The van der Waals surface area contributed by atoms with Gasteiger partial charge in [0, 0.05) is 24.4 Å². The average molecular weight is 444 g/mol. The number of allylic oxidation sites excluding steroid dienone is 2. The van der Waals surface area contributed by atoms with Crippen LogP contribution in [0.2, 0.25) is 0 Å². The van der Waals surface area contributed by atoms with Crippen LogP contribution in [0.5, 0.6) is 0 Å². The number of amides is 2. The number of rotatable bonds is 7. The predicted octanol–water partition coefficient (Wildman–Crippen LogP) is 4.27. The summed E-state index contributed by atoms with van der Waals surface area (Å²) < 4.78 is 0. The number of hydrogen-bond donors (Lipinski definition) is 1. The first-order chi connectivity index (χ1) is 15.8. The van der Waals surface area contributed by atoms with Gasteiger partial charge in [0.2, 0.25) is 0 Å². The highest BCUT2D eigenvalue weighted by molar-refractivity contribution is 6.18. The Kier molecular flexibility index (Phi) is 7.09. The fraction of sp³-hybridized carbons (Fsp3) is 0.231. The van der Waals surface area contributed by atoms with Crippen LogP contribution in [-0.4, -0.2) is 47.4 Å². The summed E-state index contributed by atoms with van der Waals surface area (Å²) in [4.78, 5) is 42.1. The molecule has 7 nitrogen and oxygen atoms in total. The highest BCUT2D eigenvalue weighted by Crippen LogP contribution is 2.27. The van der Waals surface area contributed by atoms with E-state index in [4.69, 9.17) is 11.7 Å². The van der Waals surface area contributed by atoms with Crippen molar-refractivity contribution in [3.63, 3.8) is 0 Å². The lowest BCUT2D eigenvalue weighted by atomic mass is 9.98. The van der Waals surface area contributed by atoms with Gasteiger partial charge in [0.15, 0.2) is 0 Å². The number of carboxylic acids is 1. The molecule has 0 radical (unpaired) electrons. The maximum atomic E-state index is 12.7. The fourth-order valence-electron chi connectivity index (χ4n) is 3.82. The van der Waals surface area contributed by atoms with Gasteiger partial charge in [0.05, 0.1) is 6.57 Å². The van der Waals surface area contributed by atoms with Crippen molar-refractivity contribution in [1.29, 1.82) is 0 Å². The normalized spacial score (nSPS) is 15.6. The summed E-state index contributed by atoms with van der Waals surface area (Å²) >= 11 is 0. The maximum absolute atomic E-state index is 12.7. The number of hydrogen-bond acceptors (Lipinski definition) is 4. The molecule has 168 valence electrons. The number of imide groups is 1. The topological polar surface area (TPSA) is 82.3 Å². The summed E-state index contributed by atoms with van der Waals surface area (Å²) in [5, 5.41) is 11.2. The van der Waals surface area contributed by atoms with Crippen LogP contribution in [0.1, 0.15) is 26.3 Å². The zero-order valence-electron chi connectivity index (χ0n) is 18.8. The van der Waals surface area contributed by atoms with E-state index >= 15 is 0 Å². The van der Waals surface area contributed by atoms with Crippen LogP contribution in [0, 0.1) is 6.57 Å². The zero-order chi connectivity index (χ0) is 24.1. The van der Waals surface area contributed by atoms with Crippen LogP contribution in [0.25, 0.3) is 21.7 Å². The van der Waals surface area contributed by atoms with Gasteiger partial charge in [-0.2, -0.15) is 0 Å². The summed E-state index contributed by atoms with van der Waals surface area (Å²) in [6, 6.07) is 12.4. The number of carbonyl (C=O) groups is 3. The molecule has 1 aliphatic rings. The fourth-order valence-corrected chi connectivity index (χ4v) is 3.82. The van der Waals surface area contributed by atoms with Crippen LogP contribution in [-0.2, 0) is 14.4 Å². The minimum atomic E-state index is -1.32. The summed E-state index contributed by atoms with van der Waals surface area (Å²) in [7, 11) is 0. The summed E-state index contributed by atoms with van der Waals surface area (Å²) in [5.74, 6) is -2.93. The Balaban J connectivity index is 1.91. The molecule has 0 atom stereocenters. The highest BCUT2D eigenvalue weighted by atomic mass is 16.4. The standard InChI is InChI=1S/C26H25N3O4/c1-5-28(6-2)21-13-12-19-14-18(10-11-20(19)15-21)8-7-9-22-17(3)24(27-4)26(33)29(25(22)32)16-23(30)31/h7-15H,5-6,16H2,1-3H3,(H,30,31)/b8-7+,22-9-. The number of nitrogens with zero attached hydrogens (tertiary/aromatic N) is 3. The first-order valence-electron chi connectivity index (χ1n) is 10.6. The van der Waals surface area contributed by atoms with E-state index in [1.807, 2.05) is 24.3 Å². The van der Waals surface area contributed by atoms with Crippen LogP contribution in [0.4, 0.5) is 5.69 Å². The van der Waals surface area contributed by atoms with Gasteiger partial charge in [-0.15, -0.1) is 0 Å². The molecule has 1 heterocycles. The molecule has 0 spiro atoms. The molecule has 0 bridgehead atoms. The molecular weight excluding hydrogens is 418 g/mol. The Morgan fingerprint density at radius 3 is 2.39 bits per heavy atom. The van der Waals surface area contributed by atoms with Gasteiger partial charge in [0.1, 0.15) is 6.54 Å². The Morgan fingerprint density at radius 1 is 1.09 bits per heavy atom. The molecule has 0 fully saturated rings. The number of anilines is 1. The van der Waals surface area contributed by atoms with Crippen molar-refractivity contribution < 1.29 is 19.5 Å². The van der Waals surface area contributed by atoms with Crippen molar-refractivity contribution in [1.82, 2.24) is 4.90 Å². The van der Waals surface area contributed by atoms with E-state index in [1.165, 1.54) is 18.7 Å². The molecule has 3 rings (SSSR count). The molecule has 0 aliphatic carbocycles. The van der Waals surface area contributed by atoms with E-state index in [0.717, 1.165) is 29.4 Å². The van der Waals surface area contributed by atoms with E-state index in [0.29, 0.717) is 4.90 Å². The SMILES string of the molecule is [C-]#[N+]C1=C(C)/C(=C/C=C/c2ccc3cc(N(CC)CC)ccc3c2)C(=O)N(CC(=O)O)C1=O. The summed E-state index contributed by atoms with van der Waals surface area (Å²) in [5.41, 5.74) is 2.22. The lowest BCUT2D eigenvalue weighted by Gasteiger charge is -2.26. The molecule has 33 heavy (non-hydrogen) atoms. The Labute approximate surface area is 192 Å².